The number of benzene rings is 1. The highest BCUT2D eigenvalue weighted by molar-refractivity contribution is 5.75. The van der Waals surface area contributed by atoms with Gasteiger partial charge in [-0.15, -0.1) is 0 Å². The summed E-state index contributed by atoms with van der Waals surface area (Å²) in [5, 5.41) is 4.18. The lowest BCUT2D eigenvalue weighted by atomic mass is 10.2. The van der Waals surface area contributed by atoms with Crippen LogP contribution in [-0.4, -0.2) is 66.8 Å². The number of nitrogens with zero attached hydrogens (tertiary/aromatic N) is 7. The molecule has 7 nitrogen and oxygen atoms in total. The number of para-hydroxylation sites is 2. The minimum Gasteiger partial charge on any atom is -0.327 e. The lowest BCUT2D eigenvalue weighted by Crippen LogP contribution is -2.47. The van der Waals surface area contributed by atoms with Crippen LogP contribution in [0.1, 0.15) is 19.7 Å². The van der Waals surface area contributed by atoms with E-state index in [4.69, 9.17) is 4.98 Å². The van der Waals surface area contributed by atoms with E-state index < -0.39 is 0 Å². The largest absolute Gasteiger partial charge is 0.327 e. The van der Waals surface area contributed by atoms with Crippen molar-refractivity contribution in [2.45, 2.75) is 33.5 Å². The van der Waals surface area contributed by atoms with Gasteiger partial charge in [0.1, 0.15) is 18.5 Å². The molecule has 1 aromatic carbocycles. The first-order valence-electron chi connectivity index (χ1n) is 9.90. The van der Waals surface area contributed by atoms with E-state index in [2.05, 4.69) is 62.6 Å². The Kier molecular flexibility index (Phi) is 5.50. The van der Waals surface area contributed by atoms with Gasteiger partial charge in [0, 0.05) is 39.3 Å². The quantitative estimate of drug-likeness (QED) is 0.640. The summed E-state index contributed by atoms with van der Waals surface area (Å²) in [6.07, 6.45) is 3.39. The monoisotopic (exact) mass is 367 g/mol. The second-order valence-electron chi connectivity index (χ2n) is 7.80. The van der Waals surface area contributed by atoms with Crippen molar-refractivity contribution in [1.29, 1.82) is 0 Å². The fourth-order valence-electron chi connectivity index (χ4n) is 3.78. The van der Waals surface area contributed by atoms with Crippen LogP contribution in [0.5, 0.6) is 0 Å². The predicted octanol–water partition coefficient (Wildman–Crippen LogP) is 2.10. The molecule has 1 aliphatic heterocycles. The molecule has 0 bridgehead atoms. The van der Waals surface area contributed by atoms with Crippen molar-refractivity contribution >= 4 is 11.0 Å². The zero-order valence-electron chi connectivity index (χ0n) is 16.3. The van der Waals surface area contributed by atoms with Gasteiger partial charge >= 0.3 is 0 Å². The van der Waals surface area contributed by atoms with Gasteiger partial charge in [-0.25, -0.2) is 9.97 Å². The van der Waals surface area contributed by atoms with Crippen LogP contribution in [0.4, 0.5) is 0 Å². The summed E-state index contributed by atoms with van der Waals surface area (Å²) in [4.78, 5) is 14.0. The van der Waals surface area contributed by atoms with Crippen molar-refractivity contribution in [2.75, 3.05) is 32.7 Å². The summed E-state index contributed by atoms with van der Waals surface area (Å²) in [7, 11) is 0. The number of hydrogen-bond acceptors (Lipinski definition) is 5. The Bertz CT molecular complexity index is 844. The number of fused-ring (bicyclic) bond motifs is 1. The predicted molar refractivity (Wildman–Crippen MR) is 106 cm³/mol. The van der Waals surface area contributed by atoms with E-state index in [1.165, 1.54) is 11.3 Å². The van der Waals surface area contributed by atoms with E-state index in [9.17, 15) is 0 Å². The van der Waals surface area contributed by atoms with E-state index in [-0.39, 0.29) is 0 Å². The highest BCUT2D eigenvalue weighted by Crippen LogP contribution is 2.19. The van der Waals surface area contributed by atoms with Crippen LogP contribution in [0.25, 0.3) is 11.0 Å². The van der Waals surface area contributed by atoms with Gasteiger partial charge in [-0.2, -0.15) is 5.10 Å². The second kappa shape index (κ2) is 8.19. The zero-order chi connectivity index (χ0) is 18.6. The fourth-order valence-corrected chi connectivity index (χ4v) is 3.78. The van der Waals surface area contributed by atoms with Gasteiger partial charge in [-0.1, -0.05) is 26.0 Å². The van der Waals surface area contributed by atoms with Crippen molar-refractivity contribution < 1.29 is 0 Å². The third-order valence-electron chi connectivity index (χ3n) is 5.22. The number of hydrogen-bond donors (Lipinski definition) is 0. The van der Waals surface area contributed by atoms with Crippen molar-refractivity contribution in [3.05, 3.63) is 42.7 Å². The van der Waals surface area contributed by atoms with E-state index in [1.54, 1.807) is 12.7 Å². The van der Waals surface area contributed by atoms with Crippen LogP contribution >= 0.6 is 0 Å². The van der Waals surface area contributed by atoms with E-state index in [0.29, 0.717) is 5.92 Å². The topological polar surface area (TPSA) is 55.0 Å². The molecule has 0 radical (unpaired) electrons. The highest BCUT2D eigenvalue weighted by atomic mass is 15.3. The summed E-state index contributed by atoms with van der Waals surface area (Å²) < 4.78 is 4.32. The molecule has 0 amide bonds. The first-order chi connectivity index (χ1) is 13.2. The van der Waals surface area contributed by atoms with E-state index >= 15 is 0 Å². The molecule has 2 aromatic heterocycles. The molecular weight excluding hydrogens is 338 g/mol. The number of piperazine rings is 1. The molecule has 1 saturated heterocycles. The highest BCUT2D eigenvalue weighted by Gasteiger charge is 2.20. The van der Waals surface area contributed by atoms with Crippen LogP contribution in [-0.2, 0) is 19.6 Å². The summed E-state index contributed by atoms with van der Waals surface area (Å²) in [6.45, 7) is 12.8. The van der Waals surface area contributed by atoms with Gasteiger partial charge in [0.15, 0.2) is 0 Å². The van der Waals surface area contributed by atoms with Crippen molar-refractivity contribution in [2.24, 2.45) is 5.92 Å². The summed E-state index contributed by atoms with van der Waals surface area (Å²) >= 11 is 0. The molecule has 1 aliphatic rings. The third-order valence-corrected chi connectivity index (χ3v) is 5.22. The SMILES string of the molecule is CC(C)Cn1c(CN2CCN(CCn3cncn3)CC2)nc2ccccc21. The number of aromatic nitrogens is 5. The Morgan fingerprint density at radius 2 is 1.78 bits per heavy atom. The lowest BCUT2D eigenvalue weighted by Gasteiger charge is -2.34. The molecule has 0 aliphatic carbocycles. The van der Waals surface area contributed by atoms with Gasteiger partial charge < -0.3 is 4.57 Å². The molecule has 27 heavy (non-hydrogen) atoms. The molecule has 7 heteroatoms. The molecule has 0 unspecified atom stereocenters. The van der Waals surface area contributed by atoms with Crippen LogP contribution in [0, 0.1) is 5.92 Å². The molecule has 0 N–H and O–H groups in total. The standard InChI is InChI=1S/C20H29N7/c1-17(2)13-27-19-6-4-3-5-18(19)23-20(27)14-25-9-7-24(8-10-25)11-12-26-16-21-15-22-26/h3-6,15-17H,7-14H2,1-2H3. The smallest absolute Gasteiger partial charge is 0.137 e. The van der Waals surface area contributed by atoms with Crippen LogP contribution in [0.3, 0.4) is 0 Å². The first-order valence-corrected chi connectivity index (χ1v) is 9.90. The van der Waals surface area contributed by atoms with Crippen LogP contribution < -0.4 is 0 Å². The van der Waals surface area contributed by atoms with Crippen molar-refractivity contribution in [3.8, 4) is 0 Å². The van der Waals surface area contributed by atoms with Crippen LogP contribution in [0.2, 0.25) is 0 Å². The molecule has 3 aromatic rings. The molecule has 3 heterocycles. The Labute approximate surface area is 160 Å². The molecule has 0 atom stereocenters. The third kappa shape index (κ3) is 4.36. The summed E-state index contributed by atoms with van der Waals surface area (Å²) in [6, 6.07) is 8.50. The Hall–Kier alpha value is -2.25. The van der Waals surface area contributed by atoms with Crippen molar-refractivity contribution in [3.63, 3.8) is 0 Å². The van der Waals surface area contributed by atoms with Gasteiger partial charge in [0.2, 0.25) is 0 Å². The normalized spacial score (nSPS) is 16.6. The average molecular weight is 368 g/mol. The lowest BCUT2D eigenvalue weighted by molar-refractivity contribution is 0.120. The Balaban J connectivity index is 1.37. The zero-order valence-corrected chi connectivity index (χ0v) is 16.3. The van der Waals surface area contributed by atoms with E-state index in [1.807, 2.05) is 4.68 Å². The van der Waals surface area contributed by atoms with Gasteiger partial charge in [0.25, 0.3) is 0 Å². The number of rotatable bonds is 7. The Morgan fingerprint density at radius 3 is 2.52 bits per heavy atom. The fraction of sp³-hybridized carbons (Fsp3) is 0.550. The maximum absolute atomic E-state index is 4.94. The van der Waals surface area contributed by atoms with E-state index in [0.717, 1.165) is 57.9 Å². The minimum absolute atomic E-state index is 0.606. The maximum atomic E-state index is 4.94. The first kappa shape index (κ1) is 18.1. The minimum atomic E-state index is 0.606. The molecular formula is C20H29N7. The molecule has 1 fully saturated rings. The van der Waals surface area contributed by atoms with Gasteiger partial charge in [0.05, 0.1) is 24.1 Å². The number of imidazole rings is 1. The van der Waals surface area contributed by atoms with Crippen LogP contribution in [0.15, 0.2) is 36.9 Å². The second-order valence-corrected chi connectivity index (χ2v) is 7.80. The van der Waals surface area contributed by atoms with Crippen molar-refractivity contribution in [1.82, 2.24) is 34.1 Å². The summed E-state index contributed by atoms with van der Waals surface area (Å²) in [5.74, 6) is 1.80. The molecule has 144 valence electrons. The summed E-state index contributed by atoms with van der Waals surface area (Å²) in [5.41, 5.74) is 2.37. The molecule has 4 rings (SSSR count). The van der Waals surface area contributed by atoms with Gasteiger partial charge in [-0.3, -0.25) is 14.5 Å². The molecule has 0 saturated carbocycles. The van der Waals surface area contributed by atoms with Gasteiger partial charge in [-0.05, 0) is 18.1 Å². The average Bonchev–Trinajstić information content (AvgIpc) is 3.30. The Morgan fingerprint density at radius 1 is 1.00 bits per heavy atom. The maximum Gasteiger partial charge on any atom is 0.137 e. The molecule has 0 spiro atoms.